The first-order chi connectivity index (χ1) is 11.4. The minimum absolute atomic E-state index is 0.0481. The fourth-order valence-electron chi connectivity index (χ4n) is 3.83. The van der Waals surface area contributed by atoms with Crippen molar-refractivity contribution in [1.29, 1.82) is 0 Å². The van der Waals surface area contributed by atoms with Gasteiger partial charge in [-0.15, -0.1) is 0 Å². The highest BCUT2D eigenvalue weighted by Crippen LogP contribution is 2.30. The molecule has 0 radical (unpaired) electrons. The van der Waals surface area contributed by atoms with E-state index in [1.54, 1.807) is 12.1 Å². The van der Waals surface area contributed by atoms with Crippen LogP contribution < -0.4 is 9.62 Å². The number of anilines is 1. The molecule has 1 aromatic carbocycles. The van der Waals surface area contributed by atoms with Crippen molar-refractivity contribution in [3.63, 3.8) is 0 Å². The van der Waals surface area contributed by atoms with Crippen molar-refractivity contribution in [2.45, 2.75) is 51.5 Å². The number of rotatable bonds is 3. The Bertz CT molecular complexity index is 730. The maximum atomic E-state index is 12.6. The second-order valence-electron chi connectivity index (χ2n) is 7.12. The number of nitrogens with zero attached hydrogens (tertiary/aromatic N) is 1. The average Bonchev–Trinajstić information content (AvgIpc) is 2.55. The molecule has 5 nitrogen and oxygen atoms in total. The van der Waals surface area contributed by atoms with E-state index in [9.17, 15) is 13.2 Å². The molecule has 0 aromatic heterocycles. The molecular weight excluding hydrogens is 324 g/mol. The lowest BCUT2D eigenvalue weighted by molar-refractivity contribution is 0.0910. The predicted octanol–water partition coefficient (Wildman–Crippen LogP) is 2.71. The van der Waals surface area contributed by atoms with Gasteiger partial charge in [0, 0.05) is 18.2 Å². The topological polar surface area (TPSA) is 66.5 Å². The number of amides is 1. The number of aryl methyl sites for hydroxylation is 1. The molecule has 1 N–H and O–H groups in total. The average molecular weight is 350 g/mol. The SMILES string of the molecule is C[C@H]1CCCC[C@H]1NC(=O)c1ccc2c(c1)CCCN2S(C)(=O)=O. The lowest BCUT2D eigenvalue weighted by Gasteiger charge is -2.31. The van der Waals surface area contributed by atoms with Gasteiger partial charge in [-0.2, -0.15) is 0 Å². The van der Waals surface area contributed by atoms with Crippen LogP contribution in [0.2, 0.25) is 0 Å². The highest BCUT2D eigenvalue weighted by molar-refractivity contribution is 7.92. The molecule has 0 spiro atoms. The van der Waals surface area contributed by atoms with E-state index >= 15 is 0 Å². The molecule has 1 heterocycles. The molecule has 1 aliphatic carbocycles. The summed E-state index contributed by atoms with van der Waals surface area (Å²) < 4.78 is 25.3. The Hall–Kier alpha value is -1.56. The summed E-state index contributed by atoms with van der Waals surface area (Å²) in [5.41, 5.74) is 2.28. The smallest absolute Gasteiger partial charge is 0.251 e. The van der Waals surface area contributed by atoms with E-state index in [0.29, 0.717) is 23.7 Å². The largest absolute Gasteiger partial charge is 0.349 e. The van der Waals surface area contributed by atoms with Crippen molar-refractivity contribution in [3.05, 3.63) is 29.3 Å². The number of carbonyl (C=O) groups is 1. The molecule has 132 valence electrons. The van der Waals surface area contributed by atoms with Gasteiger partial charge in [0.1, 0.15) is 0 Å². The van der Waals surface area contributed by atoms with Crippen molar-refractivity contribution in [2.24, 2.45) is 5.92 Å². The van der Waals surface area contributed by atoms with Gasteiger partial charge in [0.05, 0.1) is 11.9 Å². The van der Waals surface area contributed by atoms with Gasteiger partial charge in [0.25, 0.3) is 5.91 Å². The summed E-state index contributed by atoms with van der Waals surface area (Å²) in [7, 11) is -3.27. The zero-order valence-corrected chi connectivity index (χ0v) is 15.2. The van der Waals surface area contributed by atoms with E-state index in [0.717, 1.165) is 24.8 Å². The summed E-state index contributed by atoms with van der Waals surface area (Å²) >= 11 is 0. The van der Waals surface area contributed by atoms with Gasteiger partial charge in [-0.1, -0.05) is 19.8 Å². The molecule has 1 fully saturated rings. The van der Waals surface area contributed by atoms with Crippen LogP contribution in [0.3, 0.4) is 0 Å². The summed E-state index contributed by atoms with van der Waals surface area (Å²) in [6.45, 7) is 2.71. The Morgan fingerprint density at radius 3 is 2.67 bits per heavy atom. The number of fused-ring (bicyclic) bond motifs is 1. The van der Waals surface area contributed by atoms with Gasteiger partial charge in [0.2, 0.25) is 10.0 Å². The third-order valence-electron chi connectivity index (χ3n) is 5.25. The van der Waals surface area contributed by atoms with Gasteiger partial charge in [-0.05, 0) is 55.4 Å². The van der Waals surface area contributed by atoms with Crippen LogP contribution in [0.4, 0.5) is 5.69 Å². The van der Waals surface area contributed by atoms with Crippen LogP contribution in [-0.2, 0) is 16.4 Å². The van der Waals surface area contributed by atoms with Gasteiger partial charge in [0.15, 0.2) is 0 Å². The van der Waals surface area contributed by atoms with E-state index < -0.39 is 10.0 Å². The van der Waals surface area contributed by atoms with E-state index in [4.69, 9.17) is 0 Å². The number of hydrogen-bond acceptors (Lipinski definition) is 3. The molecule has 0 unspecified atom stereocenters. The number of nitrogens with one attached hydrogen (secondary N) is 1. The van der Waals surface area contributed by atoms with E-state index in [1.807, 2.05) is 6.07 Å². The number of hydrogen-bond donors (Lipinski definition) is 1. The van der Waals surface area contributed by atoms with Gasteiger partial charge >= 0.3 is 0 Å². The molecule has 1 amide bonds. The quantitative estimate of drug-likeness (QED) is 0.911. The highest BCUT2D eigenvalue weighted by atomic mass is 32.2. The highest BCUT2D eigenvalue weighted by Gasteiger charge is 2.26. The second kappa shape index (κ2) is 6.75. The molecule has 24 heavy (non-hydrogen) atoms. The first kappa shape index (κ1) is 17.3. The minimum Gasteiger partial charge on any atom is -0.349 e. The molecule has 0 bridgehead atoms. The summed E-state index contributed by atoms with van der Waals surface area (Å²) in [6.07, 6.45) is 7.44. The van der Waals surface area contributed by atoms with Crippen molar-refractivity contribution in [3.8, 4) is 0 Å². The Kier molecular flexibility index (Phi) is 4.85. The molecule has 1 saturated carbocycles. The third kappa shape index (κ3) is 3.58. The van der Waals surface area contributed by atoms with E-state index in [-0.39, 0.29) is 11.9 Å². The molecule has 1 aliphatic heterocycles. The standard InChI is InChI=1S/C18H26N2O3S/c1-13-6-3-4-8-16(13)19-18(21)15-9-10-17-14(12-15)7-5-11-20(17)24(2,22)23/h9-10,12-13,16H,3-8,11H2,1-2H3,(H,19,21)/t13-,16+/m0/s1. The molecule has 1 aromatic rings. The van der Waals surface area contributed by atoms with E-state index in [2.05, 4.69) is 12.2 Å². The van der Waals surface area contributed by atoms with Crippen LogP contribution in [-0.4, -0.2) is 33.2 Å². The van der Waals surface area contributed by atoms with Crippen molar-refractivity contribution in [2.75, 3.05) is 17.1 Å². The van der Waals surface area contributed by atoms with Crippen molar-refractivity contribution in [1.82, 2.24) is 5.32 Å². The second-order valence-corrected chi connectivity index (χ2v) is 9.03. The monoisotopic (exact) mass is 350 g/mol. The third-order valence-corrected chi connectivity index (χ3v) is 6.43. The lowest BCUT2D eigenvalue weighted by atomic mass is 9.86. The number of benzene rings is 1. The van der Waals surface area contributed by atoms with Crippen LogP contribution in [0.5, 0.6) is 0 Å². The zero-order valence-electron chi connectivity index (χ0n) is 14.4. The Morgan fingerprint density at radius 1 is 1.21 bits per heavy atom. The normalized spacial score (nSPS) is 24.3. The summed E-state index contributed by atoms with van der Waals surface area (Å²) in [5, 5.41) is 3.16. The first-order valence-corrected chi connectivity index (χ1v) is 10.6. The fourth-order valence-corrected chi connectivity index (χ4v) is 4.83. The number of sulfonamides is 1. The maximum Gasteiger partial charge on any atom is 0.251 e. The van der Waals surface area contributed by atoms with E-state index in [1.165, 1.54) is 29.8 Å². The van der Waals surface area contributed by atoms with Gasteiger partial charge in [-0.25, -0.2) is 8.42 Å². The minimum atomic E-state index is -3.27. The summed E-state index contributed by atoms with van der Waals surface area (Å²) in [4.78, 5) is 12.6. The van der Waals surface area contributed by atoms with Crippen LogP contribution in [0, 0.1) is 5.92 Å². The lowest BCUT2D eigenvalue weighted by Crippen LogP contribution is -2.41. The van der Waals surface area contributed by atoms with Gasteiger partial charge in [-0.3, -0.25) is 9.10 Å². The van der Waals surface area contributed by atoms with Gasteiger partial charge < -0.3 is 5.32 Å². The Balaban J connectivity index is 1.79. The molecule has 6 heteroatoms. The number of carbonyl (C=O) groups excluding carboxylic acids is 1. The first-order valence-electron chi connectivity index (χ1n) is 8.78. The van der Waals surface area contributed by atoms with Crippen LogP contribution in [0.25, 0.3) is 0 Å². The molecule has 0 saturated heterocycles. The fraction of sp³-hybridized carbons (Fsp3) is 0.611. The van der Waals surface area contributed by atoms with Crippen molar-refractivity contribution < 1.29 is 13.2 Å². The molecule has 2 atom stereocenters. The molecule has 2 aliphatic rings. The van der Waals surface area contributed by atoms with Crippen molar-refractivity contribution >= 4 is 21.6 Å². The maximum absolute atomic E-state index is 12.6. The predicted molar refractivity (Wildman–Crippen MR) is 95.8 cm³/mol. The molecule has 3 rings (SSSR count). The Labute approximate surface area is 144 Å². The van der Waals surface area contributed by atoms with Crippen LogP contribution in [0.15, 0.2) is 18.2 Å². The zero-order chi connectivity index (χ0) is 17.3. The summed E-state index contributed by atoms with van der Waals surface area (Å²) in [5.74, 6) is 0.467. The van der Waals surface area contributed by atoms with Crippen LogP contribution >= 0.6 is 0 Å². The molecular formula is C18H26N2O3S. The van der Waals surface area contributed by atoms with Crippen LogP contribution in [0.1, 0.15) is 54.9 Å². The summed E-state index contributed by atoms with van der Waals surface area (Å²) in [6, 6.07) is 5.62. The Morgan fingerprint density at radius 2 is 1.96 bits per heavy atom.